The highest BCUT2D eigenvalue weighted by molar-refractivity contribution is 7.07. The lowest BCUT2D eigenvalue weighted by atomic mass is 10.2. The van der Waals surface area contributed by atoms with Gasteiger partial charge in [0.05, 0.1) is 14.2 Å². The van der Waals surface area contributed by atoms with Gasteiger partial charge in [0.2, 0.25) is 5.75 Å². The van der Waals surface area contributed by atoms with Gasteiger partial charge >= 0.3 is 0 Å². The number of benzene rings is 1. The van der Waals surface area contributed by atoms with Gasteiger partial charge in [-0.05, 0) is 47.1 Å². The Hall–Kier alpha value is -1.72. The van der Waals surface area contributed by atoms with E-state index in [0.29, 0.717) is 23.9 Å². The Kier molecular flexibility index (Phi) is 5.26. The van der Waals surface area contributed by atoms with Crippen LogP contribution in [0.5, 0.6) is 17.2 Å². The maximum Gasteiger partial charge on any atom is 0.203 e. The summed E-state index contributed by atoms with van der Waals surface area (Å²) in [6.07, 6.45) is 0. The molecule has 20 heavy (non-hydrogen) atoms. The van der Waals surface area contributed by atoms with Gasteiger partial charge in [-0.2, -0.15) is 11.3 Å². The summed E-state index contributed by atoms with van der Waals surface area (Å²) in [6, 6.07) is 5.96. The van der Waals surface area contributed by atoms with E-state index in [1.165, 1.54) is 0 Å². The highest BCUT2D eigenvalue weighted by Gasteiger charge is 2.14. The first kappa shape index (κ1) is 14.7. The Balaban J connectivity index is 2.24. The van der Waals surface area contributed by atoms with E-state index in [1.54, 1.807) is 25.6 Å². The van der Waals surface area contributed by atoms with E-state index in [1.807, 2.05) is 30.6 Å². The highest BCUT2D eigenvalue weighted by atomic mass is 32.1. The van der Waals surface area contributed by atoms with Crippen LogP contribution in [0, 0.1) is 0 Å². The van der Waals surface area contributed by atoms with Crippen molar-refractivity contribution in [3.63, 3.8) is 0 Å². The summed E-state index contributed by atoms with van der Waals surface area (Å²) in [5.74, 6) is 2.01. The van der Waals surface area contributed by atoms with Gasteiger partial charge in [-0.25, -0.2) is 0 Å². The summed E-state index contributed by atoms with van der Waals surface area (Å²) in [4.78, 5) is 0. The molecule has 1 aromatic heterocycles. The Labute approximate surface area is 123 Å². The summed E-state index contributed by atoms with van der Waals surface area (Å²) in [5, 5.41) is 7.20. The first-order valence-corrected chi connectivity index (χ1v) is 7.26. The van der Waals surface area contributed by atoms with E-state index in [2.05, 4.69) is 10.7 Å². The van der Waals surface area contributed by atoms with Crippen molar-refractivity contribution in [2.24, 2.45) is 0 Å². The molecule has 0 bridgehead atoms. The molecule has 0 radical (unpaired) electrons. The predicted molar refractivity (Wildman–Crippen MR) is 81.0 cm³/mol. The molecule has 1 N–H and O–H groups in total. The molecule has 0 aliphatic carbocycles. The molecule has 0 amide bonds. The Morgan fingerprint density at radius 3 is 2.30 bits per heavy atom. The molecule has 2 aromatic rings. The fourth-order valence-electron chi connectivity index (χ4n) is 1.91. The van der Waals surface area contributed by atoms with Crippen LogP contribution in [0.1, 0.15) is 11.1 Å². The molecule has 0 fully saturated rings. The van der Waals surface area contributed by atoms with E-state index in [-0.39, 0.29) is 0 Å². The molecule has 4 nitrogen and oxygen atoms in total. The first-order chi connectivity index (χ1) is 9.78. The molecule has 0 unspecified atom stereocenters. The predicted octanol–water partition coefficient (Wildman–Crippen LogP) is 3.06. The van der Waals surface area contributed by atoms with E-state index in [9.17, 15) is 0 Å². The molecule has 0 spiro atoms. The molecule has 0 saturated carbocycles. The number of methoxy groups -OCH3 is 2. The highest BCUT2D eigenvalue weighted by Crippen LogP contribution is 2.39. The van der Waals surface area contributed by atoms with Gasteiger partial charge in [-0.1, -0.05) is 0 Å². The molecule has 1 heterocycles. The second-order valence-electron chi connectivity index (χ2n) is 4.28. The zero-order valence-electron chi connectivity index (χ0n) is 11.9. The normalized spacial score (nSPS) is 10.3. The average Bonchev–Trinajstić information content (AvgIpc) is 2.98. The molecule has 108 valence electrons. The van der Waals surface area contributed by atoms with Gasteiger partial charge in [0, 0.05) is 6.54 Å². The van der Waals surface area contributed by atoms with Crippen molar-refractivity contribution in [1.29, 1.82) is 0 Å². The second kappa shape index (κ2) is 7.17. The molecule has 0 saturated heterocycles. The molecule has 0 atom stereocenters. The van der Waals surface area contributed by atoms with Crippen LogP contribution in [-0.4, -0.2) is 21.3 Å². The Bertz CT molecular complexity index is 515. The van der Waals surface area contributed by atoms with Crippen LogP contribution in [0.4, 0.5) is 0 Å². The first-order valence-electron chi connectivity index (χ1n) is 6.31. The SMILES string of the molecule is CNCc1cc(OC)c(OCc2ccsc2)c(OC)c1. The molecule has 0 aliphatic heterocycles. The lowest BCUT2D eigenvalue weighted by Crippen LogP contribution is -2.06. The average molecular weight is 293 g/mol. The van der Waals surface area contributed by atoms with Crippen LogP contribution in [0.15, 0.2) is 29.0 Å². The molecular weight excluding hydrogens is 274 g/mol. The van der Waals surface area contributed by atoms with E-state index >= 15 is 0 Å². The summed E-state index contributed by atoms with van der Waals surface area (Å²) < 4.78 is 16.7. The van der Waals surface area contributed by atoms with Crippen LogP contribution in [-0.2, 0) is 13.2 Å². The molecular formula is C15H19NO3S. The largest absolute Gasteiger partial charge is 0.493 e. The van der Waals surface area contributed by atoms with Crippen molar-refractivity contribution in [3.8, 4) is 17.2 Å². The summed E-state index contributed by atoms with van der Waals surface area (Å²) in [7, 11) is 5.17. The van der Waals surface area contributed by atoms with E-state index in [0.717, 1.165) is 17.7 Å². The monoisotopic (exact) mass is 293 g/mol. The summed E-state index contributed by atoms with van der Waals surface area (Å²) >= 11 is 1.65. The van der Waals surface area contributed by atoms with Crippen molar-refractivity contribution in [2.75, 3.05) is 21.3 Å². The zero-order chi connectivity index (χ0) is 14.4. The maximum atomic E-state index is 5.86. The van der Waals surface area contributed by atoms with Gasteiger partial charge in [0.15, 0.2) is 11.5 Å². The minimum Gasteiger partial charge on any atom is -0.493 e. The Morgan fingerprint density at radius 2 is 1.80 bits per heavy atom. The van der Waals surface area contributed by atoms with Crippen LogP contribution in [0.2, 0.25) is 0 Å². The summed E-state index contributed by atoms with van der Waals surface area (Å²) in [6.45, 7) is 1.25. The van der Waals surface area contributed by atoms with Crippen molar-refractivity contribution < 1.29 is 14.2 Å². The van der Waals surface area contributed by atoms with Crippen LogP contribution < -0.4 is 19.5 Å². The molecule has 5 heteroatoms. The second-order valence-corrected chi connectivity index (χ2v) is 5.06. The van der Waals surface area contributed by atoms with Crippen molar-refractivity contribution in [1.82, 2.24) is 5.32 Å². The topological polar surface area (TPSA) is 39.7 Å². The third-order valence-corrected chi connectivity index (χ3v) is 3.60. The van der Waals surface area contributed by atoms with Crippen LogP contribution in [0.25, 0.3) is 0 Å². The van der Waals surface area contributed by atoms with Gasteiger partial charge in [-0.3, -0.25) is 0 Å². The van der Waals surface area contributed by atoms with Crippen molar-refractivity contribution in [3.05, 3.63) is 40.1 Å². The number of nitrogens with one attached hydrogen (secondary N) is 1. The third kappa shape index (κ3) is 3.43. The quantitative estimate of drug-likeness (QED) is 0.851. The zero-order valence-corrected chi connectivity index (χ0v) is 12.8. The number of rotatable bonds is 7. The standard InChI is InChI=1S/C15H19NO3S/c1-16-8-12-6-13(17-2)15(14(7-12)18-3)19-9-11-4-5-20-10-11/h4-7,10,16H,8-9H2,1-3H3. The van der Waals surface area contributed by atoms with Gasteiger partial charge in [0.1, 0.15) is 6.61 Å². The smallest absolute Gasteiger partial charge is 0.203 e. The summed E-state index contributed by atoms with van der Waals surface area (Å²) in [5.41, 5.74) is 2.22. The molecule has 1 aromatic carbocycles. The number of thiophene rings is 1. The fourth-order valence-corrected chi connectivity index (χ4v) is 2.57. The number of hydrogen-bond donors (Lipinski definition) is 1. The fraction of sp³-hybridized carbons (Fsp3) is 0.333. The number of hydrogen-bond acceptors (Lipinski definition) is 5. The van der Waals surface area contributed by atoms with E-state index in [4.69, 9.17) is 14.2 Å². The van der Waals surface area contributed by atoms with Crippen LogP contribution in [0.3, 0.4) is 0 Å². The maximum absolute atomic E-state index is 5.86. The van der Waals surface area contributed by atoms with Crippen LogP contribution >= 0.6 is 11.3 Å². The van der Waals surface area contributed by atoms with E-state index < -0.39 is 0 Å². The third-order valence-electron chi connectivity index (χ3n) is 2.86. The minimum absolute atomic E-state index is 0.502. The minimum atomic E-state index is 0.502. The van der Waals surface area contributed by atoms with Gasteiger partial charge < -0.3 is 19.5 Å². The lowest BCUT2D eigenvalue weighted by Gasteiger charge is -2.16. The molecule has 2 rings (SSSR count). The number of ether oxygens (including phenoxy) is 3. The van der Waals surface area contributed by atoms with Gasteiger partial charge in [-0.15, -0.1) is 0 Å². The van der Waals surface area contributed by atoms with Crippen molar-refractivity contribution in [2.45, 2.75) is 13.2 Å². The van der Waals surface area contributed by atoms with Gasteiger partial charge in [0.25, 0.3) is 0 Å². The Morgan fingerprint density at radius 1 is 1.10 bits per heavy atom. The molecule has 0 aliphatic rings. The lowest BCUT2D eigenvalue weighted by molar-refractivity contribution is 0.266. The van der Waals surface area contributed by atoms with Crippen molar-refractivity contribution >= 4 is 11.3 Å².